The maximum atomic E-state index is 13.6. The van der Waals surface area contributed by atoms with Gasteiger partial charge in [-0.3, -0.25) is 0 Å². The Bertz CT molecular complexity index is 842. The molecule has 0 saturated carbocycles. The summed E-state index contributed by atoms with van der Waals surface area (Å²) < 4.78 is 23.8. The topological polar surface area (TPSA) is 52.3 Å². The molecule has 5 heteroatoms. The van der Waals surface area contributed by atoms with Crippen LogP contribution in [0.2, 0.25) is 0 Å². The molecule has 0 saturated heterocycles. The Labute approximate surface area is 113 Å². The van der Waals surface area contributed by atoms with E-state index in [2.05, 4.69) is 4.98 Å². The van der Waals surface area contributed by atoms with Gasteiger partial charge >= 0.3 is 5.63 Å². The van der Waals surface area contributed by atoms with E-state index in [1.807, 2.05) is 0 Å². The van der Waals surface area contributed by atoms with Crippen LogP contribution in [0.15, 0.2) is 51.7 Å². The predicted octanol–water partition coefficient (Wildman–Crippen LogP) is 3.00. The van der Waals surface area contributed by atoms with E-state index in [9.17, 15) is 9.18 Å². The fourth-order valence-corrected chi connectivity index (χ4v) is 1.96. The van der Waals surface area contributed by atoms with Crippen LogP contribution in [0.5, 0.6) is 5.75 Å². The Balaban J connectivity index is 2.25. The second-order valence-corrected chi connectivity index (χ2v) is 4.17. The molecule has 0 fully saturated rings. The molecule has 0 spiro atoms. The van der Waals surface area contributed by atoms with Gasteiger partial charge in [-0.25, -0.2) is 14.2 Å². The Morgan fingerprint density at radius 2 is 2.00 bits per heavy atom. The molecule has 0 unspecified atom stereocenters. The number of hydrogen-bond acceptors (Lipinski definition) is 4. The Kier molecular flexibility index (Phi) is 2.95. The van der Waals surface area contributed by atoms with E-state index in [0.717, 1.165) is 0 Å². The van der Waals surface area contributed by atoms with Gasteiger partial charge in [0.2, 0.25) is 5.89 Å². The monoisotopic (exact) mass is 271 g/mol. The fraction of sp³-hybridized carbons (Fsp3) is 0.0667. The quantitative estimate of drug-likeness (QED) is 0.719. The number of nitrogens with zero attached hydrogens (tertiary/aromatic N) is 1. The third-order valence-corrected chi connectivity index (χ3v) is 2.92. The van der Waals surface area contributed by atoms with Gasteiger partial charge in [0, 0.05) is 5.56 Å². The largest absolute Gasteiger partial charge is 0.497 e. The number of ether oxygens (including phenoxy) is 1. The summed E-state index contributed by atoms with van der Waals surface area (Å²) in [5, 5.41) is -0.140. The molecule has 100 valence electrons. The normalized spacial score (nSPS) is 10.7. The third kappa shape index (κ3) is 2.03. The molecule has 1 heterocycles. The predicted molar refractivity (Wildman–Crippen MR) is 72.2 cm³/mol. The van der Waals surface area contributed by atoms with Crippen LogP contribution in [0.1, 0.15) is 0 Å². The molecule has 1 aromatic heterocycles. The average molecular weight is 271 g/mol. The summed E-state index contributed by atoms with van der Waals surface area (Å²) in [5.74, 6) is 0.110. The highest BCUT2D eigenvalue weighted by atomic mass is 19.1. The molecule has 0 radical (unpaired) electrons. The maximum absolute atomic E-state index is 13.6. The van der Waals surface area contributed by atoms with E-state index in [0.29, 0.717) is 11.3 Å². The van der Waals surface area contributed by atoms with Crippen molar-refractivity contribution in [3.05, 3.63) is 58.7 Å². The van der Waals surface area contributed by atoms with Crippen molar-refractivity contribution in [3.8, 4) is 17.2 Å². The van der Waals surface area contributed by atoms with E-state index >= 15 is 0 Å². The number of fused-ring (bicyclic) bond motifs is 1. The van der Waals surface area contributed by atoms with Crippen LogP contribution in [0, 0.1) is 5.82 Å². The fourth-order valence-electron chi connectivity index (χ4n) is 1.96. The third-order valence-electron chi connectivity index (χ3n) is 2.92. The van der Waals surface area contributed by atoms with Crippen LogP contribution in [0.3, 0.4) is 0 Å². The summed E-state index contributed by atoms with van der Waals surface area (Å²) in [7, 11) is 1.54. The van der Waals surface area contributed by atoms with Crippen LogP contribution in [0.25, 0.3) is 22.4 Å². The standard InChI is InChI=1S/C15H10FNO3/c1-19-10-5-2-4-9(8-10)14-17-12-7-3-6-11(16)13(12)15(18)20-14/h2-8H,1H3. The number of aromatic nitrogens is 1. The zero-order chi connectivity index (χ0) is 14.1. The summed E-state index contributed by atoms with van der Waals surface area (Å²) in [6, 6.07) is 11.2. The summed E-state index contributed by atoms with van der Waals surface area (Å²) in [5.41, 5.74) is 0.109. The lowest BCUT2D eigenvalue weighted by molar-refractivity contribution is 0.414. The van der Waals surface area contributed by atoms with E-state index in [-0.39, 0.29) is 16.8 Å². The molecule has 0 N–H and O–H groups in total. The molecule has 0 aliphatic carbocycles. The smallest absolute Gasteiger partial charge is 0.350 e. The number of rotatable bonds is 2. The second-order valence-electron chi connectivity index (χ2n) is 4.17. The van der Waals surface area contributed by atoms with Crippen molar-refractivity contribution in [2.24, 2.45) is 0 Å². The van der Waals surface area contributed by atoms with E-state index < -0.39 is 11.4 Å². The molecular formula is C15H10FNO3. The summed E-state index contributed by atoms with van der Waals surface area (Å²) in [6.07, 6.45) is 0. The summed E-state index contributed by atoms with van der Waals surface area (Å²) in [4.78, 5) is 16.1. The summed E-state index contributed by atoms with van der Waals surface area (Å²) in [6.45, 7) is 0. The van der Waals surface area contributed by atoms with Gasteiger partial charge in [-0.05, 0) is 30.3 Å². The van der Waals surface area contributed by atoms with Crippen molar-refractivity contribution in [1.29, 1.82) is 0 Å². The number of halogens is 1. The minimum absolute atomic E-state index is 0.131. The van der Waals surface area contributed by atoms with Gasteiger partial charge in [0.05, 0.1) is 12.6 Å². The second kappa shape index (κ2) is 4.77. The maximum Gasteiger partial charge on any atom is 0.350 e. The molecule has 20 heavy (non-hydrogen) atoms. The number of benzene rings is 2. The van der Waals surface area contributed by atoms with Gasteiger partial charge < -0.3 is 9.15 Å². The lowest BCUT2D eigenvalue weighted by atomic mass is 10.2. The van der Waals surface area contributed by atoms with Crippen LogP contribution in [-0.2, 0) is 0 Å². The molecular weight excluding hydrogens is 261 g/mol. The van der Waals surface area contributed by atoms with Crippen molar-refractivity contribution < 1.29 is 13.5 Å². The number of methoxy groups -OCH3 is 1. The molecule has 0 aliphatic heterocycles. The van der Waals surface area contributed by atoms with Crippen LogP contribution < -0.4 is 10.4 Å². The first-order valence-electron chi connectivity index (χ1n) is 5.93. The first kappa shape index (κ1) is 12.3. The summed E-state index contributed by atoms with van der Waals surface area (Å²) >= 11 is 0. The Morgan fingerprint density at radius 1 is 1.20 bits per heavy atom. The van der Waals surface area contributed by atoms with Gasteiger partial charge in [0.25, 0.3) is 0 Å². The van der Waals surface area contributed by atoms with Crippen molar-refractivity contribution in [3.63, 3.8) is 0 Å². The van der Waals surface area contributed by atoms with Crippen LogP contribution in [0.4, 0.5) is 4.39 Å². The first-order valence-corrected chi connectivity index (χ1v) is 5.93. The molecule has 4 nitrogen and oxygen atoms in total. The average Bonchev–Trinajstić information content (AvgIpc) is 2.47. The van der Waals surface area contributed by atoms with Gasteiger partial charge in [-0.2, -0.15) is 0 Å². The van der Waals surface area contributed by atoms with Crippen molar-refractivity contribution >= 4 is 10.9 Å². The molecule has 0 atom stereocenters. The van der Waals surface area contributed by atoms with E-state index in [4.69, 9.17) is 9.15 Å². The zero-order valence-electron chi connectivity index (χ0n) is 10.6. The van der Waals surface area contributed by atoms with Crippen LogP contribution >= 0.6 is 0 Å². The minimum Gasteiger partial charge on any atom is -0.497 e. The van der Waals surface area contributed by atoms with Gasteiger partial charge in [-0.1, -0.05) is 12.1 Å². The van der Waals surface area contributed by atoms with E-state index in [1.165, 1.54) is 12.1 Å². The Hall–Kier alpha value is -2.69. The lowest BCUT2D eigenvalue weighted by Gasteiger charge is -2.04. The van der Waals surface area contributed by atoms with E-state index in [1.54, 1.807) is 37.4 Å². The molecule has 3 rings (SSSR count). The molecule has 0 amide bonds. The van der Waals surface area contributed by atoms with Crippen molar-refractivity contribution in [1.82, 2.24) is 4.98 Å². The minimum atomic E-state index is -0.745. The van der Waals surface area contributed by atoms with Crippen molar-refractivity contribution in [2.75, 3.05) is 7.11 Å². The first-order chi connectivity index (χ1) is 9.69. The highest BCUT2D eigenvalue weighted by Gasteiger charge is 2.12. The number of hydrogen-bond donors (Lipinski definition) is 0. The Morgan fingerprint density at radius 3 is 2.80 bits per heavy atom. The zero-order valence-corrected chi connectivity index (χ0v) is 10.6. The molecule has 2 aromatic carbocycles. The van der Waals surface area contributed by atoms with Gasteiger partial charge in [0.15, 0.2) is 0 Å². The van der Waals surface area contributed by atoms with Crippen LogP contribution in [-0.4, -0.2) is 12.1 Å². The highest BCUT2D eigenvalue weighted by Crippen LogP contribution is 2.23. The van der Waals surface area contributed by atoms with Gasteiger partial charge in [-0.15, -0.1) is 0 Å². The molecule has 0 aliphatic rings. The SMILES string of the molecule is COc1cccc(-c2nc3cccc(F)c3c(=O)o2)c1. The highest BCUT2D eigenvalue weighted by molar-refractivity contribution is 5.79. The molecule has 0 bridgehead atoms. The van der Waals surface area contributed by atoms with Crippen molar-refractivity contribution in [2.45, 2.75) is 0 Å². The molecule has 3 aromatic rings. The lowest BCUT2D eigenvalue weighted by Crippen LogP contribution is -2.05. The van der Waals surface area contributed by atoms with Gasteiger partial charge in [0.1, 0.15) is 17.0 Å².